The Morgan fingerprint density at radius 1 is 0.774 bits per heavy atom. The molecule has 4 aromatic rings. The second kappa shape index (κ2) is 15.5. The number of aliphatic hydroxyl groups excluding tert-OH is 6. The van der Waals surface area contributed by atoms with Gasteiger partial charge in [0.15, 0.2) is 11.7 Å². The molecule has 0 spiro atoms. The highest BCUT2D eigenvalue weighted by Crippen LogP contribution is 2.46. The molecule has 17 nitrogen and oxygen atoms in total. The third kappa shape index (κ3) is 7.70. The number of esters is 1. The zero-order valence-electron chi connectivity index (χ0n) is 27.4. The lowest BCUT2D eigenvalue weighted by Crippen LogP contribution is -2.63. The van der Waals surface area contributed by atoms with E-state index in [2.05, 4.69) is 0 Å². The lowest BCUT2D eigenvalue weighted by Gasteiger charge is -2.46. The van der Waals surface area contributed by atoms with Crippen LogP contribution in [-0.4, -0.2) is 125 Å². The van der Waals surface area contributed by atoms with Crippen molar-refractivity contribution in [1.82, 2.24) is 0 Å². The average molecular weight is 741 g/mol. The molecule has 53 heavy (non-hydrogen) atoms. The number of phenolic OH excluding ortho intramolecular Hbond substituents is 4. The van der Waals surface area contributed by atoms with Crippen LogP contribution in [0.1, 0.15) is 17.2 Å². The maximum Gasteiger partial charge on any atom is 0.330 e. The third-order valence-electron chi connectivity index (χ3n) is 8.97. The molecule has 3 heterocycles. The van der Waals surface area contributed by atoms with Crippen LogP contribution in [0.25, 0.3) is 28.4 Å². The minimum absolute atomic E-state index is 0.0201. The zero-order chi connectivity index (χ0) is 38.1. The molecule has 0 aliphatic carbocycles. The van der Waals surface area contributed by atoms with Crippen LogP contribution in [0.3, 0.4) is 0 Å². The zero-order valence-corrected chi connectivity index (χ0v) is 27.4. The van der Waals surface area contributed by atoms with Crippen LogP contribution in [0.2, 0.25) is 0 Å². The van der Waals surface area contributed by atoms with Gasteiger partial charge in [0, 0.05) is 23.8 Å². The van der Waals surface area contributed by atoms with E-state index in [1.165, 1.54) is 54.6 Å². The van der Waals surface area contributed by atoms with E-state index in [1.54, 1.807) is 0 Å². The first-order valence-corrected chi connectivity index (χ1v) is 16.2. The molecule has 10 unspecified atom stereocenters. The van der Waals surface area contributed by atoms with Gasteiger partial charge in [0.05, 0.1) is 12.2 Å². The molecule has 2 saturated heterocycles. The lowest BCUT2D eigenvalue weighted by molar-refractivity contribution is -0.342. The number of hydrogen-bond acceptors (Lipinski definition) is 17. The molecule has 0 saturated carbocycles. The van der Waals surface area contributed by atoms with Crippen molar-refractivity contribution in [3.05, 3.63) is 88.1 Å². The molecule has 2 aliphatic rings. The molecule has 0 bridgehead atoms. The van der Waals surface area contributed by atoms with Crippen LogP contribution < -0.4 is 5.43 Å². The maximum atomic E-state index is 13.3. The molecule has 3 aromatic carbocycles. The fraction of sp³-hybridized carbons (Fsp3) is 0.333. The van der Waals surface area contributed by atoms with Crippen molar-refractivity contribution >= 4 is 23.0 Å². The number of ether oxygens (including phenoxy) is 4. The van der Waals surface area contributed by atoms with Gasteiger partial charge in [-0.15, -0.1) is 0 Å². The number of carbonyl (C=O) groups is 1. The van der Waals surface area contributed by atoms with Crippen LogP contribution in [0.5, 0.6) is 23.0 Å². The number of phenols is 4. The summed E-state index contributed by atoms with van der Waals surface area (Å²) in [5.74, 6) is -2.50. The summed E-state index contributed by atoms with van der Waals surface area (Å²) in [5, 5.41) is 105. The van der Waals surface area contributed by atoms with Gasteiger partial charge in [-0.1, -0.05) is 12.1 Å². The van der Waals surface area contributed by atoms with Crippen LogP contribution in [0.15, 0.2) is 76.0 Å². The van der Waals surface area contributed by atoms with Gasteiger partial charge < -0.3 is 74.4 Å². The SMILES string of the molecule is O=C(C=Cc1ccc(O)cc1)OCC1OC(OC2C(c3c(O)cc4oc(-c5ccc(O)cc5)cc(=O)c4c3O)OC(CO)C(O)C2O)C(O)C(O)C1O. The van der Waals surface area contributed by atoms with Crippen LogP contribution in [0.4, 0.5) is 0 Å². The van der Waals surface area contributed by atoms with E-state index in [9.17, 15) is 60.7 Å². The third-order valence-corrected chi connectivity index (χ3v) is 8.97. The molecule has 10 N–H and O–H groups in total. The number of benzene rings is 3. The molecule has 6 rings (SSSR count). The van der Waals surface area contributed by atoms with E-state index in [0.717, 1.165) is 18.2 Å². The average Bonchev–Trinajstić information content (AvgIpc) is 3.13. The van der Waals surface area contributed by atoms with Gasteiger partial charge in [0.1, 0.15) is 101 Å². The monoisotopic (exact) mass is 740 g/mol. The highest BCUT2D eigenvalue weighted by molar-refractivity contribution is 5.88. The normalized spacial score (nSPS) is 29.0. The molecule has 2 fully saturated rings. The first-order valence-electron chi connectivity index (χ1n) is 16.2. The van der Waals surface area contributed by atoms with Crippen molar-refractivity contribution in [3.8, 4) is 34.3 Å². The number of aromatic hydroxyl groups is 4. The van der Waals surface area contributed by atoms with Gasteiger partial charge in [-0.05, 0) is 48.0 Å². The van der Waals surface area contributed by atoms with E-state index in [1.807, 2.05) is 0 Å². The fourth-order valence-corrected chi connectivity index (χ4v) is 6.11. The summed E-state index contributed by atoms with van der Waals surface area (Å²) in [6.07, 6.45) is -15.8. The minimum Gasteiger partial charge on any atom is -0.508 e. The Morgan fingerprint density at radius 3 is 2.08 bits per heavy atom. The van der Waals surface area contributed by atoms with Gasteiger partial charge in [-0.25, -0.2) is 4.79 Å². The summed E-state index contributed by atoms with van der Waals surface area (Å²) in [4.78, 5) is 25.7. The summed E-state index contributed by atoms with van der Waals surface area (Å²) in [6.45, 7) is -1.53. The Kier molecular flexibility index (Phi) is 11.0. The molecule has 2 aliphatic heterocycles. The highest BCUT2D eigenvalue weighted by atomic mass is 16.7. The van der Waals surface area contributed by atoms with Gasteiger partial charge in [-0.2, -0.15) is 0 Å². The van der Waals surface area contributed by atoms with Crippen LogP contribution in [-0.2, 0) is 23.7 Å². The summed E-state index contributed by atoms with van der Waals surface area (Å²) in [5.41, 5.74) is -0.663. The smallest absolute Gasteiger partial charge is 0.330 e. The lowest BCUT2D eigenvalue weighted by atomic mass is 9.89. The highest BCUT2D eigenvalue weighted by Gasteiger charge is 2.52. The van der Waals surface area contributed by atoms with Gasteiger partial charge in [0.25, 0.3) is 0 Å². The summed E-state index contributed by atoms with van der Waals surface area (Å²) in [7, 11) is 0. The van der Waals surface area contributed by atoms with E-state index in [0.29, 0.717) is 11.1 Å². The predicted octanol–water partition coefficient (Wildman–Crippen LogP) is -0.114. The number of fused-ring (bicyclic) bond motifs is 1. The first kappa shape index (κ1) is 37.7. The molecule has 0 radical (unpaired) electrons. The van der Waals surface area contributed by atoms with Crippen molar-refractivity contribution in [2.75, 3.05) is 13.2 Å². The summed E-state index contributed by atoms with van der Waals surface area (Å²) >= 11 is 0. The van der Waals surface area contributed by atoms with Crippen LogP contribution >= 0.6 is 0 Å². The minimum atomic E-state index is -2.02. The standard InChI is InChI=1S/C36H36O17/c37-13-23-28(43)32(47)35(53-36-33(48)31(46)29(44)24(52-36)14-49-25(42)10-3-15-1-6-17(38)7-2-15)34(51-23)27-20(41)12-22-26(30(27)45)19(40)11-21(50-22)16-4-8-18(39)9-5-16/h1-12,23-24,28-29,31-39,41,43-48H,13-14H2. The van der Waals surface area contributed by atoms with Crippen molar-refractivity contribution in [2.45, 2.75) is 61.2 Å². The van der Waals surface area contributed by atoms with Crippen molar-refractivity contribution in [2.24, 2.45) is 0 Å². The quantitative estimate of drug-likeness (QED) is 0.0791. The number of hydrogen-bond donors (Lipinski definition) is 10. The Hall–Kier alpha value is -5.08. The number of carbonyl (C=O) groups excluding carboxylic acids is 1. The molecule has 282 valence electrons. The second-order valence-corrected chi connectivity index (χ2v) is 12.5. The molecular weight excluding hydrogens is 704 g/mol. The van der Waals surface area contributed by atoms with E-state index in [4.69, 9.17) is 23.4 Å². The summed E-state index contributed by atoms with van der Waals surface area (Å²) in [6, 6.07) is 13.6. The molecular formula is C36H36O17. The summed E-state index contributed by atoms with van der Waals surface area (Å²) < 4.78 is 28.1. The Morgan fingerprint density at radius 2 is 1.42 bits per heavy atom. The second-order valence-electron chi connectivity index (χ2n) is 12.5. The molecule has 17 heteroatoms. The molecule has 0 amide bonds. The van der Waals surface area contributed by atoms with Crippen molar-refractivity contribution in [1.29, 1.82) is 0 Å². The number of rotatable bonds is 9. The van der Waals surface area contributed by atoms with E-state index in [-0.39, 0.29) is 22.8 Å². The van der Waals surface area contributed by atoms with Crippen molar-refractivity contribution in [3.63, 3.8) is 0 Å². The van der Waals surface area contributed by atoms with Crippen LogP contribution in [0, 0.1) is 0 Å². The maximum absolute atomic E-state index is 13.3. The first-order chi connectivity index (χ1) is 25.3. The molecule has 1 aromatic heterocycles. The Bertz CT molecular complexity index is 2010. The van der Waals surface area contributed by atoms with Gasteiger partial charge in [-0.3, -0.25) is 4.79 Å². The Labute approximate surface area is 299 Å². The number of aliphatic hydroxyl groups is 6. The van der Waals surface area contributed by atoms with E-state index < -0.39 is 108 Å². The predicted molar refractivity (Wildman–Crippen MR) is 179 cm³/mol. The van der Waals surface area contributed by atoms with Crippen molar-refractivity contribution < 1.29 is 79.2 Å². The van der Waals surface area contributed by atoms with E-state index >= 15 is 0 Å². The fourth-order valence-electron chi connectivity index (χ4n) is 6.11. The Balaban J connectivity index is 1.27. The largest absolute Gasteiger partial charge is 0.508 e. The topological polar surface area (TPSA) is 286 Å². The van der Waals surface area contributed by atoms with Gasteiger partial charge >= 0.3 is 5.97 Å². The molecule has 10 atom stereocenters. The van der Waals surface area contributed by atoms with Gasteiger partial charge in [0.2, 0.25) is 0 Å².